The van der Waals surface area contributed by atoms with Crippen molar-refractivity contribution in [3.05, 3.63) is 66.7 Å². The van der Waals surface area contributed by atoms with E-state index in [1.165, 1.54) is 18.1 Å². The van der Waals surface area contributed by atoms with Gasteiger partial charge in [-0.25, -0.2) is 4.90 Å². The number of amides is 3. The Morgan fingerprint density at radius 2 is 1.93 bits per heavy atom. The Morgan fingerprint density at radius 3 is 2.57 bits per heavy atom. The zero-order chi connectivity index (χ0) is 21.7. The van der Waals surface area contributed by atoms with E-state index in [-0.39, 0.29) is 24.8 Å². The number of anilines is 1. The molecule has 2 aromatic rings. The number of methoxy groups -OCH3 is 1. The number of benzene rings is 2. The van der Waals surface area contributed by atoms with Gasteiger partial charge in [-0.05, 0) is 49.4 Å². The average Bonchev–Trinajstić information content (AvgIpc) is 3.06. The molecule has 1 aliphatic rings. The molecule has 1 unspecified atom stereocenters. The maximum Gasteiger partial charge on any atom is 0.257 e. The Labute approximate surface area is 175 Å². The lowest BCUT2D eigenvalue weighted by molar-refractivity contribution is -0.122. The summed E-state index contributed by atoms with van der Waals surface area (Å²) < 4.78 is 10.6. The van der Waals surface area contributed by atoms with Crippen LogP contribution in [0.3, 0.4) is 0 Å². The monoisotopic (exact) mass is 408 g/mol. The molecule has 1 atom stereocenters. The van der Waals surface area contributed by atoms with Gasteiger partial charge in [0.15, 0.2) is 0 Å². The van der Waals surface area contributed by atoms with E-state index in [2.05, 4.69) is 6.58 Å². The first-order valence-corrected chi connectivity index (χ1v) is 9.65. The standard InChI is InChI=1S/C23H24N2O5/c1-4-13-24(22(27)16-7-6-8-19(14-16)29-3)20-15-21(26)25(23(20)28)17-9-11-18(12-10-17)30-5-2/h4,6-12,14,20H,1,5,13,15H2,2-3H3. The fraction of sp³-hybridized carbons (Fsp3) is 0.261. The molecule has 1 aliphatic heterocycles. The zero-order valence-electron chi connectivity index (χ0n) is 17.0. The van der Waals surface area contributed by atoms with Crippen molar-refractivity contribution < 1.29 is 23.9 Å². The summed E-state index contributed by atoms with van der Waals surface area (Å²) >= 11 is 0. The number of carbonyl (C=O) groups is 3. The van der Waals surface area contributed by atoms with Gasteiger partial charge in [-0.1, -0.05) is 12.1 Å². The van der Waals surface area contributed by atoms with Crippen LogP contribution in [0.4, 0.5) is 5.69 Å². The van der Waals surface area contributed by atoms with Gasteiger partial charge in [-0.2, -0.15) is 0 Å². The zero-order valence-corrected chi connectivity index (χ0v) is 17.0. The average molecular weight is 408 g/mol. The number of ether oxygens (including phenoxy) is 2. The van der Waals surface area contributed by atoms with Crippen molar-refractivity contribution in [2.75, 3.05) is 25.2 Å². The topological polar surface area (TPSA) is 76.2 Å². The Morgan fingerprint density at radius 1 is 1.20 bits per heavy atom. The molecular weight excluding hydrogens is 384 g/mol. The minimum atomic E-state index is -0.902. The third kappa shape index (κ3) is 4.20. The minimum absolute atomic E-state index is 0.0877. The maximum atomic E-state index is 13.1. The molecule has 0 N–H and O–H groups in total. The molecule has 1 heterocycles. The van der Waals surface area contributed by atoms with Crippen LogP contribution in [0.5, 0.6) is 11.5 Å². The van der Waals surface area contributed by atoms with E-state index in [0.717, 1.165) is 4.90 Å². The predicted octanol–water partition coefficient (Wildman–Crippen LogP) is 3.05. The summed E-state index contributed by atoms with van der Waals surface area (Å²) in [4.78, 5) is 41.4. The number of rotatable bonds is 8. The summed E-state index contributed by atoms with van der Waals surface area (Å²) in [5.41, 5.74) is 0.819. The Kier molecular flexibility index (Phi) is 6.51. The van der Waals surface area contributed by atoms with Crippen molar-refractivity contribution in [3.8, 4) is 11.5 Å². The van der Waals surface area contributed by atoms with Gasteiger partial charge in [0.05, 0.1) is 25.8 Å². The molecule has 0 radical (unpaired) electrons. The summed E-state index contributed by atoms with van der Waals surface area (Å²) in [7, 11) is 1.51. The molecule has 30 heavy (non-hydrogen) atoms. The van der Waals surface area contributed by atoms with Crippen molar-refractivity contribution >= 4 is 23.4 Å². The molecule has 0 bridgehead atoms. The van der Waals surface area contributed by atoms with Crippen LogP contribution in [-0.2, 0) is 9.59 Å². The third-order valence-corrected chi connectivity index (χ3v) is 4.81. The molecule has 7 nitrogen and oxygen atoms in total. The van der Waals surface area contributed by atoms with Gasteiger partial charge in [0, 0.05) is 12.1 Å². The van der Waals surface area contributed by atoms with Crippen LogP contribution in [0, 0.1) is 0 Å². The normalized spacial score (nSPS) is 15.8. The fourth-order valence-electron chi connectivity index (χ4n) is 3.40. The molecule has 3 amide bonds. The van der Waals surface area contributed by atoms with Gasteiger partial charge in [-0.3, -0.25) is 14.4 Å². The first kappa shape index (κ1) is 21.1. The summed E-state index contributed by atoms with van der Waals surface area (Å²) in [6, 6.07) is 12.5. The second-order valence-electron chi connectivity index (χ2n) is 6.69. The summed E-state index contributed by atoms with van der Waals surface area (Å²) in [6.07, 6.45) is 1.45. The second kappa shape index (κ2) is 9.26. The SMILES string of the molecule is C=CCN(C(=O)c1cccc(OC)c1)C1CC(=O)N(c2ccc(OCC)cc2)C1=O. The molecule has 0 aliphatic carbocycles. The van der Waals surface area contributed by atoms with Gasteiger partial charge in [0.1, 0.15) is 17.5 Å². The van der Waals surface area contributed by atoms with Gasteiger partial charge in [0.25, 0.3) is 11.8 Å². The van der Waals surface area contributed by atoms with E-state index in [1.54, 1.807) is 48.5 Å². The summed E-state index contributed by atoms with van der Waals surface area (Å²) in [5, 5.41) is 0. The van der Waals surface area contributed by atoms with Crippen molar-refractivity contribution in [3.63, 3.8) is 0 Å². The van der Waals surface area contributed by atoms with Crippen molar-refractivity contribution in [1.29, 1.82) is 0 Å². The van der Waals surface area contributed by atoms with E-state index in [1.807, 2.05) is 6.92 Å². The molecule has 156 valence electrons. The fourth-order valence-corrected chi connectivity index (χ4v) is 3.40. The lowest BCUT2D eigenvalue weighted by atomic mass is 10.1. The number of carbonyl (C=O) groups excluding carboxylic acids is 3. The van der Waals surface area contributed by atoms with Crippen molar-refractivity contribution in [1.82, 2.24) is 4.90 Å². The van der Waals surface area contributed by atoms with Crippen molar-refractivity contribution in [2.24, 2.45) is 0 Å². The molecule has 7 heteroatoms. The lowest BCUT2D eigenvalue weighted by Crippen LogP contribution is -2.45. The molecule has 0 spiro atoms. The van der Waals surface area contributed by atoms with Crippen LogP contribution in [0.25, 0.3) is 0 Å². The van der Waals surface area contributed by atoms with E-state index in [9.17, 15) is 14.4 Å². The highest BCUT2D eigenvalue weighted by molar-refractivity contribution is 6.23. The van der Waals surface area contributed by atoms with E-state index < -0.39 is 11.9 Å². The number of imide groups is 1. The van der Waals surface area contributed by atoms with E-state index in [0.29, 0.717) is 29.4 Å². The Balaban J connectivity index is 1.86. The molecular formula is C23H24N2O5. The maximum absolute atomic E-state index is 13.1. The van der Waals surface area contributed by atoms with Crippen LogP contribution in [-0.4, -0.2) is 48.9 Å². The second-order valence-corrected chi connectivity index (χ2v) is 6.69. The third-order valence-electron chi connectivity index (χ3n) is 4.81. The lowest BCUT2D eigenvalue weighted by Gasteiger charge is -2.26. The van der Waals surface area contributed by atoms with E-state index >= 15 is 0 Å². The summed E-state index contributed by atoms with van der Waals surface area (Å²) in [6.45, 7) is 6.22. The molecule has 2 aromatic carbocycles. The van der Waals surface area contributed by atoms with Crippen LogP contribution < -0.4 is 14.4 Å². The highest BCUT2D eigenvalue weighted by Gasteiger charge is 2.44. The Hall–Kier alpha value is -3.61. The predicted molar refractivity (Wildman–Crippen MR) is 113 cm³/mol. The highest BCUT2D eigenvalue weighted by Crippen LogP contribution is 2.28. The van der Waals surface area contributed by atoms with Crippen LogP contribution in [0.1, 0.15) is 23.7 Å². The molecule has 1 saturated heterocycles. The molecule has 3 rings (SSSR count). The van der Waals surface area contributed by atoms with Crippen LogP contribution in [0.2, 0.25) is 0 Å². The van der Waals surface area contributed by atoms with E-state index in [4.69, 9.17) is 9.47 Å². The number of hydrogen-bond donors (Lipinski definition) is 0. The quantitative estimate of drug-likeness (QED) is 0.496. The number of hydrogen-bond acceptors (Lipinski definition) is 5. The molecule has 0 saturated carbocycles. The molecule has 1 fully saturated rings. The van der Waals surface area contributed by atoms with Crippen molar-refractivity contribution in [2.45, 2.75) is 19.4 Å². The minimum Gasteiger partial charge on any atom is -0.497 e. The number of nitrogens with zero attached hydrogens (tertiary/aromatic N) is 2. The van der Waals surface area contributed by atoms with Gasteiger partial charge >= 0.3 is 0 Å². The van der Waals surface area contributed by atoms with Crippen LogP contribution >= 0.6 is 0 Å². The smallest absolute Gasteiger partial charge is 0.257 e. The summed E-state index contributed by atoms with van der Waals surface area (Å²) in [5.74, 6) is 0.0139. The van der Waals surface area contributed by atoms with Crippen LogP contribution in [0.15, 0.2) is 61.2 Å². The highest BCUT2D eigenvalue weighted by atomic mass is 16.5. The Bertz CT molecular complexity index is 954. The van der Waals surface area contributed by atoms with Gasteiger partial charge in [0.2, 0.25) is 5.91 Å². The van der Waals surface area contributed by atoms with Gasteiger partial charge in [-0.15, -0.1) is 6.58 Å². The first-order chi connectivity index (χ1) is 14.5. The largest absolute Gasteiger partial charge is 0.497 e. The molecule has 0 aromatic heterocycles. The van der Waals surface area contributed by atoms with Gasteiger partial charge < -0.3 is 14.4 Å². The first-order valence-electron chi connectivity index (χ1n) is 9.65.